The number of rotatable bonds is 4. The van der Waals surface area contributed by atoms with Crippen LogP contribution in [0.4, 0.5) is 0 Å². The number of aryl methyl sites for hydroxylation is 1. The molecule has 3 heterocycles. The van der Waals surface area contributed by atoms with E-state index in [0.717, 1.165) is 21.5 Å². The van der Waals surface area contributed by atoms with Crippen LogP contribution in [0.5, 0.6) is 11.5 Å². The Morgan fingerprint density at radius 1 is 0.875 bits per heavy atom. The Labute approximate surface area is 182 Å². The van der Waals surface area contributed by atoms with Crippen molar-refractivity contribution in [3.63, 3.8) is 0 Å². The molecule has 32 heavy (non-hydrogen) atoms. The van der Waals surface area contributed by atoms with Crippen LogP contribution in [-0.4, -0.2) is 37.3 Å². The van der Waals surface area contributed by atoms with Gasteiger partial charge in [0.05, 0.1) is 19.9 Å². The van der Waals surface area contributed by atoms with Crippen LogP contribution in [0.3, 0.4) is 0 Å². The van der Waals surface area contributed by atoms with Gasteiger partial charge in [-0.3, -0.25) is 22.9 Å². The Morgan fingerprint density at radius 3 is 2.28 bits per heavy atom. The van der Waals surface area contributed by atoms with E-state index < -0.39 is 11.2 Å². The van der Waals surface area contributed by atoms with Gasteiger partial charge in [-0.15, -0.1) is 0 Å². The van der Waals surface area contributed by atoms with Crippen LogP contribution in [0.2, 0.25) is 0 Å². The minimum absolute atomic E-state index is 0.330. The third kappa shape index (κ3) is 2.67. The van der Waals surface area contributed by atoms with Gasteiger partial charge in [0.25, 0.3) is 5.56 Å². The number of fused-ring (bicyclic) bond motifs is 3. The Morgan fingerprint density at radius 2 is 1.59 bits per heavy atom. The average Bonchev–Trinajstić information content (AvgIpc) is 3.38. The number of nitrogens with zero attached hydrogens (tertiary/aromatic N) is 5. The molecule has 9 nitrogen and oxygen atoms in total. The Bertz CT molecular complexity index is 1610. The molecule has 0 aliphatic heterocycles. The second-order valence-electron chi connectivity index (χ2n) is 7.41. The highest BCUT2D eigenvalue weighted by molar-refractivity contribution is 5.80. The highest BCUT2D eigenvalue weighted by Gasteiger charge is 2.22. The number of para-hydroxylation sites is 1. The highest BCUT2D eigenvalue weighted by Crippen LogP contribution is 2.35. The summed E-state index contributed by atoms with van der Waals surface area (Å²) in [5, 5.41) is 0. The van der Waals surface area contributed by atoms with Gasteiger partial charge < -0.3 is 9.47 Å². The van der Waals surface area contributed by atoms with Gasteiger partial charge in [0.15, 0.2) is 22.7 Å². The smallest absolute Gasteiger partial charge is 0.332 e. The molecule has 3 aromatic heterocycles. The van der Waals surface area contributed by atoms with Crippen LogP contribution < -0.4 is 20.7 Å². The molecule has 0 amide bonds. The Balaban J connectivity index is 1.92. The van der Waals surface area contributed by atoms with Crippen molar-refractivity contribution in [2.24, 2.45) is 14.1 Å². The molecule has 9 heteroatoms. The quantitative estimate of drug-likeness (QED) is 0.436. The fraction of sp³-hybridized carbons (Fsp3) is 0.174. The molecule has 0 bridgehead atoms. The van der Waals surface area contributed by atoms with Crippen LogP contribution in [0.15, 0.2) is 64.3 Å². The van der Waals surface area contributed by atoms with Crippen molar-refractivity contribution in [1.82, 2.24) is 23.1 Å². The molecule has 0 atom stereocenters. The van der Waals surface area contributed by atoms with E-state index in [2.05, 4.69) is 0 Å². The van der Waals surface area contributed by atoms with Crippen molar-refractivity contribution in [3.8, 4) is 28.4 Å². The second kappa shape index (κ2) is 7.16. The van der Waals surface area contributed by atoms with Crippen LogP contribution in [-0.2, 0) is 14.1 Å². The average molecular weight is 431 g/mol. The first kappa shape index (κ1) is 19.7. The zero-order chi connectivity index (χ0) is 22.6. The van der Waals surface area contributed by atoms with Crippen LogP contribution in [0.1, 0.15) is 0 Å². The molecule has 5 aromatic rings. The summed E-state index contributed by atoms with van der Waals surface area (Å²) in [6.45, 7) is 0. The first-order chi connectivity index (χ1) is 15.5. The summed E-state index contributed by atoms with van der Waals surface area (Å²) in [4.78, 5) is 30.1. The van der Waals surface area contributed by atoms with E-state index in [1.165, 1.54) is 11.6 Å². The normalized spacial score (nSPS) is 11.4. The third-order valence-electron chi connectivity index (χ3n) is 5.66. The summed E-state index contributed by atoms with van der Waals surface area (Å²) in [5.74, 6) is 1.73. The third-order valence-corrected chi connectivity index (χ3v) is 5.66. The maximum Gasteiger partial charge on any atom is 0.332 e. The minimum atomic E-state index is -0.422. The second-order valence-corrected chi connectivity index (χ2v) is 7.41. The molecule has 0 saturated heterocycles. The lowest BCUT2D eigenvalue weighted by Crippen LogP contribution is -2.37. The van der Waals surface area contributed by atoms with Crippen molar-refractivity contribution >= 4 is 16.9 Å². The van der Waals surface area contributed by atoms with Gasteiger partial charge >= 0.3 is 5.69 Å². The number of aromatic nitrogens is 5. The predicted octanol–water partition coefficient (Wildman–Crippen LogP) is 2.36. The first-order valence-corrected chi connectivity index (χ1v) is 9.93. The van der Waals surface area contributed by atoms with Gasteiger partial charge in [-0.05, 0) is 30.3 Å². The minimum Gasteiger partial charge on any atom is -0.493 e. The predicted molar refractivity (Wildman–Crippen MR) is 121 cm³/mol. The van der Waals surface area contributed by atoms with Gasteiger partial charge in [-0.1, -0.05) is 18.2 Å². The van der Waals surface area contributed by atoms with Gasteiger partial charge in [0.1, 0.15) is 0 Å². The van der Waals surface area contributed by atoms with Crippen LogP contribution >= 0.6 is 0 Å². The number of benzene rings is 2. The van der Waals surface area contributed by atoms with E-state index in [1.54, 1.807) is 25.7 Å². The molecule has 0 saturated carbocycles. The Kier molecular flexibility index (Phi) is 4.40. The van der Waals surface area contributed by atoms with Crippen LogP contribution in [0, 0.1) is 0 Å². The molecule has 2 aromatic carbocycles. The van der Waals surface area contributed by atoms with Crippen molar-refractivity contribution in [2.75, 3.05) is 14.2 Å². The van der Waals surface area contributed by atoms with Crippen molar-refractivity contribution in [3.05, 3.63) is 75.6 Å². The lowest BCUT2D eigenvalue weighted by Gasteiger charge is -2.12. The number of methoxy groups -OCH3 is 2. The molecule has 0 radical (unpaired) electrons. The van der Waals surface area contributed by atoms with Crippen molar-refractivity contribution in [1.29, 1.82) is 0 Å². The number of hydrogen-bond acceptors (Lipinski definition) is 5. The van der Waals surface area contributed by atoms with Gasteiger partial charge in [-0.25, -0.2) is 4.79 Å². The van der Waals surface area contributed by atoms with E-state index in [4.69, 9.17) is 14.5 Å². The highest BCUT2D eigenvalue weighted by atomic mass is 16.5. The standard InChI is InChI=1S/C23H21N5O4/c1-25-20-19(21(29)26(2)23(25)30)27-13-16(14-10-11-17(31-3)18(12-14)32-4)28(22(27)24-20)15-8-6-5-7-9-15/h5-13H,1-4H3. The number of hydrogen-bond donors (Lipinski definition) is 0. The van der Waals surface area contributed by atoms with E-state index >= 15 is 0 Å². The summed E-state index contributed by atoms with van der Waals surface area (Å²) in [5.41, 5.74) is 2.36. The summed E-state index contributed by atoms with van der Waals surface area (Å²) < 4.78 is 17.0. The molecule has 0 aliphatic rings. The first-order valence-electron chi connectivity index (χ1n) is 9.93. The molecular formula is C23H21N5O4. The molecule has 0 aliphatic carbocycles. The van der Waals surface area contributed by atoms with Crippen molar-refractivity contribution < 1.29 is 9.47 Å². The van der Waals surface area contributed by atoms with E-state index in [9.17, 15) is 9.59 Å². The molecular weight excluding hydrogens is 410 g/mol. The van der Waals surface area contributed by atoms with E-state index in [1.807, 2.05) is 59.3 Å². The van der Waals surface area contributed by atoms with Gasteiger partial charge in [-0.2, -0.15) is 4.98 Å². The molecule has 0 unspecified atom stereocenters. The molecule has 5 rings (SSSR count). The zero-order valence-electron chi connectivity index (χ0n) is 18.1. The molecule has 0 N–H and O–H groups in total. The number of ether oxygens (including phenoxy) is 2. The van der Waals surface area contributed by atoms with E-state index in [0.29, 0.717) is 28.4 Å². The van der Waals surface area contributed by atoms with Crippen LogP contribution in [0.25, 0.3) is 33.9 Å². The summed E-state index contributed by atoms with van der Waals surface area (Å²) >= 11 is 0. The topological polar surface area (TPSA) is 84.7 Å². The summed E-state index contributed by atoms with van der Waals surface area (Å²) in [6, 6.07) is 15.3. The molecule has 162 valence electrons. The lowest BCUT2D eigenvalue weighted by molar-refractivity contribution is 0.355. The summed E-state index contributed by atoms with van der Waals surface area (Å²) in [7, 11) is 6.25. The molecule has 0 spiro atoms. The number of imidazole rings is 2. The summed E-state index contributed by atoms with van der Waals surface area (Å²) in [6.07, 6.45) is 1.85. The maximum atomic E-state index is 13.0. The zero-order valence-corrected chi connectivity index (χ0v) is 18.1. The maximum absolute atomic E-state index is 13.0. The van der Waals surface area contributed by atoms with Crippen molar-refractivity contribution in [2.45, 2.75) is 0 Å². The fourth-order valence-electron chi connectivity index (χ4n) is 4.00. The molecule has 0 fully saturated rings. The van der Waals surface area contributed by atoms with Gasteiger partial charge in [0, 0.05) is 31.5 Å². The largest absolute Gasteiger partial charge is 0.493 e. The fourth-order valence-corrected chi connectivity index (χ4v) is 4.00. The monoisotopic (exact) mass is 431 g/mol. The Hall–Kier alpha value is -4.27. The SMILES string of the molecule is COc1ccc(-c2cn3c4c(=O)n(C)c(=O)n(C)c4nc3n2-c2ccccc2)cc1OC. The lowest BCUT2D eigenvalue weighted by atomic mass is 10.1. The van der Waals surface area contributed by atoms with E-state index in [-0.39, 0.29) is 0 Å². The van der Waals surface area contributed by atoms with Gasteiger partial charge in [0.2, 0.25) is 5.78 Å².